The topological polar surface area (TPSA) is 92.3 Å². The lowest BCUT2D eigenvalue weighted by Gasteiger charge is -2.56. The summed E-state index contributed by atoms with van der Waals surface area (Å²) in [6, 6.07) is 20.7. The van der Waals surface area contributed by atoms with Crippen LogP contribution < -0.4 is 0 Å². The molecule has 0 aromatic heterocycles. The predicted octanol–water partition coefficient (Wildman–Crippen LogP) is 28.5. The molecule has 0 aliphatic heterocycles. The Labute approximate surface area is 723 Å². The fraction of sp³-hybridized carbons (Fsp3) is 0.888. The summed E-state index contributed by atoms with van der Waals surface area (Å²) >= 11 is 0. The van der Waals surface area contributed by atoms with Crippen LogP contribution in [0.15, 0.2) is 60.7 Å². The Bertz CT molecular complexity index is 2690. The zero-order chi connectivity index (χ0) is 84.3. The Hall–Kier alpha value is -1.96. The first-order valence-electron chi connectivity index (χ1n) is 50.7. The van der Waals surface area contributed by atoms with Crippen molar-refractivity contribution < 1.29 is 47.4 Å². The van der Waals surface area contributed by atoms with Gasteiger partial charge < -0.3 is 47.4 Å². The maximum atomic E-state index is 6.04. The van der Waals surface area contributed by atoms with E-state index in [1.165, 1.54) is 242 Å². The van der Waals surface area contributed by atoms with E-state index < -0.39 is 0 Å². The van der Waals surface area contributed by atoms with E-state index in [1.54, 1.807) is 0 Å². The van der Waals surface area contributed by atoms with Gasteiger partial charge in [-0.25, -0.2) is 0 Å². The van der Waals surface area contributed by atoms with Crippen LogP contribution in [-0.4, -0.2) is 122 Å². The van der Waals surface area contributed by atoms with Crippen molar-refractivity contribution >= 4 is 0 Å². The van der Waals surface area contributed by atoms with Crippen LogP contribution in [0.4, 0.5) is 0 Å². The molecule has 2 aromatic rings. The van der Waals surface area contributed by atoms with Crippen molar-refractivity contribution in [2.45, 2.75) is 411 Å². The van der Waals surface area contributed by atoms with Crippen molar-refractivity contribution in [2.24, 2.45) is 111 Å². The normalized spacial score (nSPS) is 32.9. The van der Waals surface area contributed by atoms with Gasteiger partial charge in [0.05, 0.1) is 49.3 Å². The quantitative estimate of drug-likeness (QED) is 0.0680. The van der Waals surface area contributed by atoms with Gasteiger partial charge in [-0.1, -0.05) is 180 Å². The van der Waals surface area contributed by atoms with E-state index in [4.69, 9.17) is 47.4 Å². The fourth-order valence-corrected chi connectivity index (χ4v) is 24.7. The molecule has 2 aromatic carbocycles. The molecule has 16 unspecified atom stereocenters. The minimum atomic E-state index is 0.341. The summed E-state index contributed by atoms with van der Waals surface area (Å²) in [6.45, 7) is 52.2. The first-order chi connectivity index (χ1) is 56.6. The van der Waals surface area contributed by atoms with Gasteiger partial charge in [-0.3, -0.25) is 0 Å². The van der Waals surface area contributed by atoms with Gasteiger partial charge in [0.1, 0.15) is 0 Å². The molecule has 15 fully saturated rings. The summed E-state index contributed by atoms with van der Waals surface area (Å²) in [6.07, 6.45) is 56.2. The van der Waals surface area contributed by atoms with E-state index in [-0.39, 0.29) is 0 Å². The lowest BCUT2D eigenvalue weighted by atomic mass is 9.54. The third-order valence-electron chi connectivity index (χ3n) is 31.6. The van der Waals surface area contributed by atoms with Gasteiger partial charge in [-0.15, -0.1) is 0 Å². The molecule has 15 saturated carbocycles. The Morgan fingerprint density at radius 3 is 1.38 bits per heavy atom. The van der Waals surface area contributed by atoms with Gasteiger partial charge in [-0.2, -0.15) is 0 Å². The molecule has 12 bridgehead atoms. The van der Waals surface area contributed by atoms with E-state index in [9.17, 15) is 0 Å². The van der Waals surface area contributed by atoms with Gasteiger partial charge in [0.25, 0.3) is 0 Å². The monoisotopic (exact) mass is 1640 g/mol. The van der Waals surface area contributed by atoms with Crippen LogP contribution in [0.1, 0.15) is 373 Å². The second-order valence-corrected chi connectivity index (χ2v) is 40.9. The first-order valence-corrected chi connectivity index (χ1v) is 50.7. The van der Waals surface area contributed by atoms with E-state index in [0.29, 0.717) is 47.0 Å². The largest absolute Gasteiger partial charge is 0.382 e. The molecule has 117 heavy (non-hydrogen) atoms. The molecule has 15 aliphatic carbocycles. The third kappa shape index (κ3) is 35.8. The van der Waals surface area contributed by atoms with Gasteiger partial charge in [0, 0.05) is 79.3 Å². The Morgan fingerprint density at radius 1 is 0.402 bits per heavy atom. The highest BCUT2D eigenvalue weighted by molar-refractivity contribution is 5.15. The highest BCUT2D eigenvalue weighted by atomic mass is 16.5. The second kappa shape index (κ2) is 56.9. The number of hydrogen-bond acceptors (Lipinski definition) is 10. The van der Waals surface area contributed by atoms with Crippen molar-refractivity contribution in [3.8, 4) is 0 Å². The summed E-state index contributed by atoms with van der Waals surface area (Å²) < 4.78 is 56.0. The van der Waals surface area contributed by atoms with Crippen LogP contribution in [0.3, 0.4) is 0 Å². The van der Waals surface area contributed by atoms with Gasteiger partial charge >= 0.3 is 0 Å². The van der Waals surface area contributed by atoms with Crippen LogP contribution >= 0.6 is 0 Å². The highest BCUT2D eigenvalue weighted by Crippen LogP contribution is 2.66. The molecule has 0 radical (unpaired) electrons. The van der Waals surface area contributed by atoms with Crippen molar-refractivity contribution in [3.05, 3.63) is 71.8 Å². The van der Waals surface area contributed by atoms with Crippen LogP contribution in [0.5, 0.6) is 0 Å². The van der Waals surface area contributed by atoms with Crippen LogP contribution in [0.2, 0.25) is 0 Å². The molecule has 0 spiro atoms. The maximum absolute atomic E-state index is 6.04. The van der Waals surface area contributed by atoms with E-state index in [0.717, 1.165) is 206 Å². The molecule has 17 rings (SSSR count). The fourth-order valence-electron chi connectivity index (χ4n) is 24.7. The van der Waals surface area contributed by atoms with E-state index >= 15 is 0 Å². The molecular weight excluding hydrogens is 1450 g/mol. The molecule has 0 heterocycles. The van der Waals surface area contributed by atoms with Gasteiger partial charge in [0.2, 0.25) is 0 Å². The molecule has 16 atom stereocenters. The Balaban J connectivity index is 0.000000180. The molecule has 10 heteroatoms. The standard InChI is InChI=1S/C12H20O.C12H22O.C12H24O.C11H20O.2C11H16O.C10H18O.C10H20O.C9H16O.C9H18O/c1-2-13-12-6-9-3-10(7-12)5-11(4-9)8-12;1-5-13-10-8-9-6-7-12(10,4)11(9,2)3;1-5-13-12-8-10(4)6-7-11(12)9(2)3;1-2-12-6-5-11-8-9-3-4-10(11)7-9;1-10(2)12-9-8-11-6-4-3-5-7-11;1-3-10(2)12-9-11-7-5-4-6-8-11;1-2-11-7-10-6-8-3-4-9(10)5-8;1-2-11-9-8-10-6-4-3-5-7-10;1-2-10-9-6-7-3-4-8(9)5-7;1-2-10-8-9-6-4-3-5-7-9/h9-11H,2-8H2,1H3;9-10H,5-8H2,1-4H3;9-12H,5-8H2,1-4H3;9-11H,2-8H2,1H3;3-7,10H,8-9H2,1-2H3;4-8,10H,3,9H2,1-2H3;8-10H,2-7H2,1H3;10H,2-9H2,1H3;7-9H,2-6H2,1H3;9H,2-8H2,1H3. The Morgan fingerprint density at radius 2 is 0.915 bits per heavy atom. The molecule has 678 valence electrons. The maximum Gasteiger partial charge on any atom is 0.0720 e. The minimum Gasteiger partial charge on any atom is -0.382 e. The summed E-state index contributed by atoms with van der Waals surface area (Å²) in [5.74, 6) is 16.5. The highest BCUT2D eigenvalue weighted by Gasteiger charge is 2.62. The van der Waals surface area contributed by atoms with Crippen molar-refractivity contribution in [1.82, 2.24) is 0 Å². The lowest BCUT2D eigenvalue weighted by Crippen LogP contribution is -2.51. The molecule has 10 nitrogen and oxygen atoms in total. The molecule has 0 saturated heterocycles. The SMILES string of the molecule is CC(C)OCCc1ccccc1.CCC(C)OCc1ccccc1.CCOC12CC3CC(CC(C3)C1)C2.CCOC1CC(C)CCC1C(C)C.CCOC1CC2CCC1(C)C2(C)C.CCOC1CC2CCC1C2.CCOCC1CC2CCC1C2.CCOCC1CCCCC1.CCOCCC1CC2CCC1C2.CCOCCC1CCCCC1. The lowest BCUT2D eigenvalue weighted by molar-refractivity contribution is -0.159. The average Bonchev–Trinajstić information content (AvgIpc) is 1.58. The van der Waals surface area contributed by atoms with Gasteiger partial charge in [-0.05, 0) is 372 Å². The number of hydrogen-bond donors (Lipinski definition) is 0. The molecule has 0 N–H and O–H groups in total. The summed E-state index contributed by atoms with van der Waals surface area (Å²) in [4.78, 5) is 0. The van der Waals surface area contributed by atoms with Crippen molar-refractivity contribution in [2.75, 3.05) is 85.9 Å². The zero-order valence-electron chi connectivity index (χ0n) is 79.8. The summed E-state index contributed by atoms with van der Waals surface area (Å²) in [5, 5.41) is 0. The zero-order valence-corrected chi connectivity index (χ0v) is 79.8. The van der Waals surface area contributed by atoms with Gasteiger partial charge in [0.15, 0.2) is 0 Å². The molecule has 15 aliphatic rings. The van der Waals surface area contributed by atoms with Crippen LogP contribution in [0.25, 0.3) is 0 Å². The van der Waals surface area contributed by atoms with Crippen molar-refractivity contribution in [1.29, 1.82) is 0 Å². The summed E-state index contributed by atoms with van der Waals surface area (Å²) in [5.41, 5.74) is 3.90. The average molecular weight is 1640 g/mol. The van der Waals surface area contributed by atoms with Crippen LogP contribution in [-0.2, 0) is 60.4 Å². The summed E-state index contributed by atoms with van der Waals surface area (Å²) in [7, 11) is 0. The smallest absolute Gasteiger partial charge is 0.0720 e. The number of rotatable bonds is 31. The predicted molar refractivity (Wildman–Crippen MR) is 493 cm³/mol. The number of benzene rings is 2. The van der Waals surface area contributed by atoms with E-state index in [1.807, 2.05) is 24.3 Å². The first kappa shape index (κ1) is 102. The van der Waals surface area contributed by atoms with Crippen molar-refractivity contribution in [3.63, 3.8) is 0 Å². The minimum absolute atomic E-state index is 0.341. The Kier molecular flexibility index (Phi) is 49.7. The number of ether oxygens (including phenoxy) is 10. The second-order valence-electron chi connectivity index (χ2n) is 40.9. The molecule has 0 amide bonds. The third-order valence-corrected chi connectivity index (χ3v) is 31.6. The van der Waals surface area contributed by atoms with Crippen LogP contribution in [0, 0.1) is 111 Å². The van der Waals surface area contributed by atoms with E-state index in [2.05, 4.69) is 161 Å². The molecular formula is C107H190O10. The number of fused-ring (bicyclic) bond motifs is 8.